The average Bonchev–Trinajstić information content (AvgIpc) is 2.75. The van der Waals surface area contributed by atoms with Crippen molar-refractivity contribution in [1.29, 1.82) is 0 Å². The first-order valence-electron chi connectivity index (χ1n) is 9.83. The summed E-state index contributed by atoms with van der Waals surface area (Å²) < 4.78 is 6.62. The third kappa shape index (κ3) is 4.20. The zero-order valence-electron chi connectivity index (χ0n) is 15.8. The van der Waals surface area contributed by atoms with E-state index in [0.717, 1.165) is 48.1 Å². The highest BCUT2D eigenvalue weighted by Gasteiger charge is 2.38. The number of carbonyl (C=O) groups is 1. The first kappa shape index (κ1) is 19.3. The van der Waals surface area contributed by atoms with Gasteiger partial charge in [0.05, 0.1) is 17.7 Å². The number of nitrogens with one attached hydrogen (secondary N) is 1. The number of aromatic nitrogens is 2. The summed E-state index contributed by atoms with van der Waals surface area (Å²) in [6.45, 7) is 2.90. The molecule has 0 spiro atoms. The van der Waals surface area contributed by atoms with Gasteiger partial charge in [0.1, 0.15) is 5.82 Å². The first-order chi connectivity index (χ1) is 13.7. The number of benzene rings is 1. The van der Waals surface area contributed by atoms with Crippen molar-refractivity contribution in [3.8, 4) is 0 Å². The maximum atomic E-state index is 13.3. The molecule has 1 N–H and O–H groups in total. The number of carbonyl (C=O) groups excluding carboxylic acids is 1. The van der Waals surface area contributed by atoms with Crippen LogP contribution in [0.4, 0.5) is 5.82 Å². The van der Waals surface area contributed by atoms with Crippen LogP contribution in [0.5, 0.6) is 0 Å². The Kier molecular flexibility index (Phi) is 5.92. The zero-order valence-corrected chi connectivity index (χ0v) is 17.4. The maximum Gasteiger partial charge on any atom is 0.225 e. The molecule has 1 aromatic carbocycles. The van der Waals surface area contributed by atoms with E-state index in [9.17, 15) is 4.79 Å². The van der Waals surface area contributed by atoms with Crippen LogP contribution in [0.3, 0.4) is 0 Å². The molecule has 1 amide bonds. The van der Waals surface area contributed by atoms with Gasteiger partial charge in [-0.05, 0) is 43.4 Å². The van der Waals surface area contributed by atoms with Crippen molar-refractivity contribution in [2.45, 2.75) is 31.2 Å². The van der Waals surface area contributed by atoms with Gasteiger partial charge in [0.25, 0.3) is 0 Å². The fraction of sp³-hybridized carbons (Fsp3) is 0.476. The standard InChI is InChI=1S/C21H25BrN4O2/c22-18-5-1-4-17(13-18)21(6-11-28-12-7-21)25-20(27)16-3-2-10-26(15-16)19-14-23-8-9-24-19/h1,4-5,8-9,13-14,16H,2-3,6-7,10-12,15H2,(H,25,27). The van der Waals surface area contributed by atoms with Crippen LogP contribution in [0.25, 0.3) is 0 Å². The summed E-state index contributed by atoms with van der Waals surface area (Å²) in [7, 11) is 0. The van der Waals surface area contributed by atoms with E-state index in [1.807, 2.05) is 12.1 Å². The zero-order chi connectivity index (χ0) is 19.4. The lowest BCUT2D eigenvalue weighted by Gasteiger charge is -2.41. The molecule has 2 fully saturated rings. The second-order valence-corrected chi connectivity index (χ2v) is 8.46. The Morgan fingerprint density at radius 2 is 2.14 bits per heavy atom. The van der Waals surface area contributed by atoms with Gasteiger partial charge in [-0.25, -0.2) is 4.98 Å². The van der Waals surface area contributed by atoms with Crippen molar-refractivity contribution in [1.82, 2.24) is 15.3 Å². The minimum absolute atomic E-state index is 0.0531. The third-order valence-electron chi connectivity index (χ3n) is 5.75. The molecule has 148 valence electrons. The van der Waals surface area contributed by atoms with Crippen LogP contribution in [0.2, 0.25) is 0 Å². The molecule has 2 aliphatic rings. The SMILES string of the molecule is O=C(NC1(c2cccc(Br)c2)CCOCC1)C1CCCN(c2cnccn2)C1. The molecule has 0 saturated carbocycles. The van der Waals surface area contributed by atoms with E-state index >= 15 is 0 Å². The Balaban J connectivity index is 1.51. The van der Waals surface area contributed by atoms with Crippen molar-refractivity contribution in [3.63, 3.8) is 0 Å². The number of nitrogens with zero attached hydrogens (tertiary/aromatic N) is 3. The molecule has 1 atom stereocenters. The van der Waals surface area contributed by atoms with Crippen LogP contribution in [-0.2, 0) is 15.1 Å². The van der Waals surface area contributed by atoms with Crippen LogP contribution in [-0.4, -0.2) is 42.2 Å². The van der Waals surface area contributed by atoms with Crippen molar-refractivity contribution >= 4 is 27.7 Å². The molecule has 2 saturated heterocycles. The second kappa shape index (κ2) is 8.57. The van der Waals surface area contributed by atoms with Gasteiger partial charge < -0.3 is 15.0 Å². The van der Waals surface area contributed by atoms with Crippen LogP contribution in [0, 0.1) is 5.92 Å². The molecule has 6 nitrogen and oxygen atoms in total. The molecule has 3 heterocycles. The van der Waals surface area contributed by atoms with E-state index in [1.165, 1.54) is 0 Å². The Labute approximate surface area is 173 Å². The molecule has 28 heavy (non-hydrogen) atoms. The fourth-order valence-corrected chi connectivity index (χ4v) is 4.58. The van der Waals surface area contributed by atoms with Gasteiger partial charge in [0.2, 0.25) is 5.91 Å². The Bertz CT molecular complexity index is 811. The summed E-state index contributed by atoms with van der Waals surface area (Å²) in [6.07, 6.45) is 8.58. The van der Waals surface area contributed by atoms with E-state index in [0.29, 0.717) is 19.8 Å². The molecule has 2 aliphatic heterocycles. The van der Waals surface area contributed by atoms with Gasteiger partial charge in [-0.2, -0.15) is 0 Å². The number of hydrogen-bond acceptors (Lipinski definition) is 5. The van der Waals surface area contributed by atoms with Crippen LogP contribution in [0.1, 0.15) is 31.2 Å². The summed E-state index contributed by atoms with van der Waals surface area (Å²) in [6, 6.07) is 8.25. The predicted octanol–water partition coefficient (Wildman–Crippen LogP) is 3.28. The molecule has 0 aliphatic carbocycles. The maximum absolute atomic E-state index is 13.3. The molecule has 4 rings (SSSR count). The van der Waals surface area contributed by atoms with E-state index < -0.39 is 0 Å². The largest absolute Gasteiger partial charge is 0.381 e. The van der Waals surface area contributed by atoms with Crippen molar-refractivity contribution < 1.29 is 9.53 Å². The lowest BCUT2D eigenvalue weighted by atomic mass is 9.81. The molecule has 0 radical (unpaired) electrons. The van der Waals surface area contributed by atoms with Crippen LogP contribution >= 0.6 is 15.9 Å². The molecule has 0 bridgehead atoms. The molecular weight excluding hydrogens is 420 g/mol. The number of anilines is 1. The van der Waals surface area contributed by atoms with E-state index in [-0.39, 0.29) is 17.4 Å². The van der Waals surface area contributed by atoms with Gasteiger partial charge in [0.15, 0.2) is 0 Å². The first-order valence-corrected chi connectivity index (χ1v) is 10.6. The van der Waals surface area contributed by atoms with E-state index in [1.54, 1.807) is 18.6 Å². The number of rotatable bonds is 4. The molecule has 1 unspecified atom stereocenters. The van der Waals surface area contributed by atoms with Crippen LogP contribution < -0.4 is 10.2 Å². The summed E-state index contributed by atoms with van der Waals surface area (Å²) in [4.78, 5) is 24.0. The predicted molar refractivity (Wildman–Crippen MR) is 111 cm³/mol. The minimum atomic E-state index is -0.367. The van der Waals surface area contributed by atoms with Crippen molar-refractivity contribution in [2.24, 2.45) is 5.92 Å². The topological polar surface area (TPSA) is 67.3 Å². The van der Waals surface area contributed by atoms with Gasteiger partial charge >= 0.3 is 0 Å². The normalized spacial score (nSPS) is 21.9. The molecule has 2 aromatic rings. The smallest absolute Gasteiger partial charge is 0.225 e. The average molecular weight is 445 g/mol. The number of halogens is 1. The molecule has 7 heteroatoms. The number of hydrogen-bond donors (Lipinski definition) is 1. The van der Waals surface area contributed by atoms with Gasteiger partial charge in [-0.15, -0.1) is 0 Å². The summed E-state index contributed by atoms with van der Waals surface area (Å²) in [5.41, 5.74) is 0.772. The summed E-state index contributed by atoms with van der Waals surface area (Å²) in [5, 5.41) is 3.42. The minimum Gasteiger partial charge on any atom is -0.381 e. The highest BCUT2D eigenvalue weighted by Crippen LogP contribution is 2.34. The highest BCUT2D eigenvalue weighted by atomic mass is 79.9. The van der Waals surface area contributed by atoms with Crippen molar-refractivity contribution in [2.75, 3.05) is 31.2 Å². The Morgan fingerprint density at radius 3 is 2.89 bits per heavy atom. The van der Waals surface area contributed by atoms with Gasteiger partial charge in [0, 0.05) is 43.2 Å². The Morgan fingerprint density at radius 1 is 1.29 bits per heavy atom. The van der Waals surface area contributed by atoms with Gasteiger partial charge in [-0.1, -0.05) is 28.1 Å². The number of piperidine rings is 1. The highest BCUT2D eigenvalue weighted by molar-refractivity contribution is 9.10. The number of ether oxygens (including phenoxy) is 1. The number of amides is 1. The molecular formula is C21H25BrN4O2. The van der Waals surface area contributed by atoms with Crippen molar-refractivity contribution in [3.05, 3.63) is 52.9 Å². The monoisotopic (exact) mass is 444 g/mol. The lowest BCUT2D eigenvalue weighted by molar-refractivity contribution is -0.128. The van der Waals surface area contributed by atoms with Gasteiger partial charge in [-0.3, -0.25) is 9.78 Å². The van der Waals surface area contributed by atoms with E-state index in [2.05, 4.69) is 48.2 Å². The molecule has 1 aromatic heterocycles. The third-order valence-corrected chi connectivity index (χ3v) is 6.25. The van der Waals surface area contributed by atoms with E-state index in [4.69, 9.17) is 4.74 Å². The summed E-state index contributed by atoms with van der Waals surface area (Å²) in [5.74, 6) is 0.908. The quantitative estimate of drug-likeness (QED) is 0.783. The Hall–Kier alpha value is -1.99. The van der Waals surface area contributed by atoms with Crippen LogP contribution in [0.15, 0.2) is 47.3 Å². The lowest BCUT2D eigenvalue weighted by Crippen LogP contribution is -2.53. The fourth-order valence-electron chi connectivity index (χ4n) is 4.18. The summed E-state index contributed by atoms with van der Waals surface area (Å²) >= 11 is 3.57. The second-order valence-electron chi connectivity index (χ2n) is 7.54.